The molecule has 0 saturated carbocycles. The summed E-state index contributed by atoms with van der Waals surface area (Å²) in [5, 5.41) is 10.1. The van der Waals surface area contributed by atoms with Gasteiger partial charge in [0.05, 0.1) is 12.8 Å². The second kappa shape index (κ2) is 6.28. The fourth-order valence-corrected chi connectivity index (χ4v) is 2.76. The van der Waals surface area contributed by atoms with E-state index < -0.39 is 0 Å². The van der Waals surface area contributed by atoms with Crippen LogP contribution in [0.5, 0.6) is 11.7 Å². The first kappa shape index (κ1) is 15.2. The summed E-state index contributed by atoms with van der Waals surface area (Å²) in [6.45, 7) is 0. The van der Waals surface area contributed by atoms with Gasteiger partial charge in [-0.15, -0.1) is 0 Å². The number of nitrogens with zero attached hydrogens (tertiary/aromatic N) is 2. The van der Waals surface area contributed by atoms with E-state index >= 15 is 0 Å². The zero-order chi connectivity index (χ0) is 17.2. The van der Waals surface area contributed by atoms with Gasteiger partial charge in [0.1, 0.15) is 11.4 Å². The lowest BCUT2D eigenvalue weighted by atomic mass is 10.1. The van der Waals surface area contributed by atoms with E-state index in [4.69, 9.17) is 9.15 Å². The molecule has 2 heterocycles. The van der Waals surface area contributed by atoms with Crippen LogP contribution in [0.2, 0.25) is 0 Å². The van der Waals surface area contributed by atoms with Crippen molar-refractivity contribution >= 4 is 23.6 Å². The molecule has 1 aromatic heterocycles. The minimum Gasteiger partial charge on any atom is -0.497 e. The number of para-hydroxylation sites is 1. The molecule has 1 N–H and O–H groups in total. The summed E-state index contributed by atoms with van der Waals surface area (Å²) in [6, 6.07) is 15.5. The summed E-state index contributed by atoms with van der Waals surface area (Å²) in [4.78, 5) is 8.75. The van der Waals surface area contributed by atoms with Gasteiger partial charge >= 0.3 is 5.95 Å². The highest BCUT2D eigenvalue weighted by Gasteiger charge is 2.15. The van der Waals surface area contributed by atoms with Gasteiger partial charge in [-0.2, -0.15) is 0 Å². The number of benzene rings is 2. The first-order valence-corrected chi connectivity index (χ1v) is 7.90. The van der Waals surface area contributed by atoms with E-state index in [-0.39, 0.29) is 5.95 Å². The molecule has 0 atom stereocenters. The van der Waals surface area contributed by atoms with Gasteiger partial charge in [0.25, 0.3) is 0 Å². The average Bonchev–Trinajstić information content (AvgIpc) is 3.20. The highest BCUT2D eigenvalue weighted by atomic mass is 16.5. The van der Waals surface area contributed by atoms with Crippen LogP contribution in [0.3, 0.4) is 0 Å². The summed E-state index contributed by atoms with van der Waals surface area (Å²) < 4.78 is 10.5. The largest absolute Gasteiger partial charge is 0.497 e. The molecule has 1 aliphatic rings. The molecule has 0 saturated heterocycles. The van der Waals surface area contributed by atoms with Crippen LogP contribution in [0, 0.1) is 0 Å². The van der Waals surface area contributed by atoms with Crippen LogP contribution in [-0.4, -0.2) is 23.4 Å². The van der Waals surface area contributed by atoms with Crippen molar-refractivity contribution in [2.45, 2.75) is 6.42 Å². The lowest BCUT2D eigenvalue weighted by Crippen LogP contribution is -1.89. The Morgan fingerprint density at radius 3 is 2.72 bits per heavy atom. The number of aromatic hydroxyl groups is 1. The Balaban J connectivity index is 1.59. The van der Waals surface area contributed by atoms with Crippen LogP contribution >= 0.6 is 0 Å². The maximum Gasteiger partial charge on any atom is 0.310 e. The van der Waals surface area contributed by atoms with Crippen molar-refractivity contribution in [1.82, 2.24) is 4.98 Å². The first-order valence-electron chi connectivity index (χ1n) is 7.90. The standard InChI is InChI=1S/C20H16N2O3/c1-24-15-8-6-13(7-9-15)10-19-22-18(20(23)25-19)11-14-12-21-17-5-3-2-4-16(14)17/h2-9,11-12,23H,10H2,1H3/b14-11+. The van der Waals surface area contributed by atoms with E-state index in [1.54, 1.807) is 19.4 Å². The Kier molecular flexibility index (Phi) is 3.82. The van der Waals surface area contributed by atoms with Gasteiger partial charge < -0.3 is 14.3 Å². The highest BCUT2D eigenvalue weighted by molar-refractivity contribution is 6.21. The third-order valence-corrected chi connectivity index (χ3v) is 4.04. The third-order valence-electron chi connectivity index (χ3n) is 4.04. The van der Waals surface area contributed by atoms with E-state index in [1.807, 2.05) is 48.5 Å². The van der Waals surface area contributed by atoms with Crippen molar-refractivity contribution in [3.05, 3.63) is 71.2 Å². The minimum absolute atomic E-state index is 0.186. The molecule has 1 aliphatic heterocycles. The van der Waals surface area contributed by atoms with Gasteiger partial charge in [-0.1, -0.05) is 30.3 Å². The first-order chi connectivity index (χ1) is 12.2. The van der Waals surface area contributed by atoms with Gasteiger partial charge in [0.2, 0.25) is 5.89 Å². The molecule has 2 aromatic carbocycles. The molecule has 0 amide bonds. The number of aromatic nitrogens is 1. The van der Waals surface area contributed by atoms with E-state index in [1.165, 1.54) is 0 Å². The molecule has 3 aromatic rings. The van der Waals surface area contributed by atoms with E-state index in [9.17, 15) is 5.11 Å². The van der Waals surface area contributed by atoms with Crippen LogP contribution in [0.4, 0.5) is 5.69 Å². The summed E-state index contributed by atoms with van der Waals surface area (Å²) in [7, 11) is 1.63. The number of fused-ring (bicyclic) bond motifs is 1. The van der Waals surface area contributed by atoms with E-state index in [0.717, 1.165) is 28.1 Å². The highest BCUT2D eigenvalue weighted by Crippen LogP contribution is 2.33. The zero-order valence-electron chi connectivity index (χ0n) is 13.6. The number of rotatable bonds is 4. The second-order valence-corrected chi connectivity index (χ2v) is 5.70. The summed E-state index contributed by atoms with van der Waals surface area (Å²) in [5.41, 5.74) is 4.25. The summed E-state index contributed by atoms with van der Waals surface area (Å²) in [6.07, 6.45) is 4.04. The second-order valence-electron chi connectivity index (χ2n) is 5.70. The fourth-order valence-electron chi connectivity index (χ4n) is 2.76. The summed E-state index contributed by atoms with van der Waals surface area (Å²) >= 11 is 0. The number of methoxy groups -OCH3 is 1. The SMILES string of the molecule is COc1ccc(Cc2nc(/C=C3\C=Nc4ccccc43)c(O)o2)cc1. The van der Waals surface area contributed by atoms with Crippen molar-refractivity contribution in [3.63, 3.8) is 0 Å². The quantitative estimate of drug-likeness (QED) is 0.776. The molecule has 0 bridgehead atoms. The Morgan fingerprint density at radius 1 is 1.12 bits per heavy atom. The molecule has 5 nitrogen and oxygen atoms in total. The van der Waals surface area contributed by atoms with Crippen LogP contribution in [-0.2, 0) is 6.42 Å². The third kappa shape index (κ3) is 3.04. The number of aliphatic imine (C=N–C) groups is 1. The molecule has 0 unspecified atom stereocenters. The fraction of sp³-hybridized carbons (Fsp3) is 0.100. The van der Waals surface area contributed by atoms with Gasteiger partial charge in [0, 0.05) is 23.8 Å². The Hall–Kier alpha value is -3.34. The monoisotopic (exact) mass is 332 g/mol. The molecular formula is C20H16N2O3. The summed E-state index contributed by atoms with van der Waals surface area (Å²) in [5.74, 6) is 1.06. The van der Waals surface area contributed by atoms with E-state index in [0.29, 0.717) is 18.0 Å². The maximum atomic E-state index is 10.1. The minimum atomic E-state index is -0.186. The van der Waals surface area contributed by atoms with Crippen LogP contribution < -0.4 is 4.74 Å². The van der Waals surface area contributed by atoms with Gasteiger partial charge in [-0.3, -0.25) is 4.99 Å². The molecule has 0 radical (unpaired) electrons. The normalized spacial score (nSPS) is 14.0. The smallest absolute Gasteiger partial charge is 0.310 e. The maximum absolute atomic E-state index is 10.1. The number of oxazole rings is 1. The molecule has 124 valence electrons. The molecule has 4 rings (SSSR count). The molecule has 0 fully saturated rings. The number of hydrogen-bond acceptors (Lipinski definition) is 5. The van der Waals surface area contributed by atoms with Crippen LogP contribution in [0.1, 0.15) is 22.7 Å². The molecule has 0 spiro atoms. The molecule has 5 heteroatoms. The molecule has 25 heavy (non-hydrogen) atoms. The predicted octanol–water partition coefficient (Wildman–Crippen LogP) is 4.24. The van der Waals surface area contributed by atoms with Crippen molar-refractivity contribution in [2.24, 2.45) is 4.99 Å². The zero-order valence-corrected chi connectivity index (χ0v) is 13.6. The van der Waals surface area contributed by atoms with E-state index in [2.05, 4.69) is 9.98 Å². The number of hydrogen-bond donors (Lipinski definition) is 1. The Labute approximate surface area is 144 Å². The van der Waals surface area contributed by atoms with Crippen molar-refractivity contribution < 1.29 is 14.3 Å². The lowest BCUT2D eigenvalue weighted by molar-refractivity contribution is 0.319. The van der Waals surface area contributed by atoms with Crippen LogP contribution in [0.25, 0.3) is 11.6 Å². The van der Waals surface area contributed by atoms with Gasteiger partial charge in [-0.25, -0.2) is 4.98 Å². The molecular weight excluding hydrogens is 316 g/mol. The number of allylic oxidation sites excluding steroid dienone is 1. The topological polar surface area (TPSA) is 67.9 Å². The van der Waals surface area contributed by atoms with Crippen LogP contribution in [0.15, 0.2) is 57.9 Å². The number of ether oxygens (including phenoxy) is 1. The van der Waals surface area contributed by atoms with Gasteiger partial charge in [0.15, 0.2) is 0 Å². The average molecular weight is 332 g/mol. The van der Waals surface area contributed by atoms with Crippen molar-refractivity contribution in [3.8, 4) is 11.7 Å². The molecule has 0 aliphatic carbocycles. The Bertz CT molecular complexity index is 969. The predicted molar refractivity (Wildman–Crippen MR) is 96.4 cm³/mol. The van der Waals surface area contributed by atoms with Crippen molar-refractivity contribution in [1.29, 1.82) is 0 Å². The van der Waals surface area contributed by atoms with Gasteiger partial charge in [-0.05, 0) is 29.8 Å². The lowest BCUT2D eigenvalue weighted by Gasteiger charge is -2.00. The Morgan fingerprint density at radius 2 is 1.92 bits per heavy atom. The van der Waals surface area contributed by atoms with Crippen molar-refractivity contribution in [2.75, 3.05) is 7.11 Å².